The van der Waals surface area contributed by atoms with Crippen LogP contribution < -0.4 is 10.2 Å². The summed E-state index contributed by atoms with van der Waals surface area (Å²) >= 11 is 0. The van der Waals surface area contributed by atoms with Gasteiger partial charge in [0.1, 0.15) is 24.2 Å². The number of aromatic nitrogens is 4. The molecule has 3 aliphatic rings. The Morgan fingerprint density at radius 3 is 2.62 bits per heavy atom. The number of fused-ring (bicyclic) bond motifs is 1. The summed E-state index contributed by atoms with van der Waals surface area (Å²) in [6.45, 7) is 6.11. The van der Waals surface area contributed by atoms with Gasteiger partial charge in [-0.25, -0.2) is 9.78 Å². The quantitative estimate of drug-likeness (QED) is 0.694. The Hall–Kier alpha value is -3.24. The summed E-state index contributed by atoms with van der Waals surface area (Å²) in [5.41, 5.74) is 0.0360. The third kappa shape index (κ3) is 3.45. The molecule has 1 spiro atoms. The van der Waals surface area contributed by atoms with Crippen molar-refractivity contribution in [3.63, 3.8) is 0 Å². The van der Waals surface area contributed by atoms with Crippen LogP contribution in [0.5, 0.6) is 0 Å². The Bertz CT molecular complexity index is 1070. The van der Waals surface area contributed by atoms with Crippen molar-refractivity contribution < 1.29 is 14.4 Å². The molecule has 0 aromatic carbocycles. The van der Waals surface area contributed by atoms with Crippen molar-refractivity contribution in [2.24, 2.45) is 5.92 Å². The molecule has 2 aliphatic heterocycles. The molecule has 1 N–H and O–H groups in total. The number of hydrogen-bond donors (Lipinski definition) is 1. The third-order valence-corrected chi connectivity index (χ3v) is 6.98. The van der Waals surface area contributed by atoms with Crippen molar-refractivity contribution in [1.82, 2.24) is 34.7 Å². The van der Waals surface area contributed by atoms with E-state index in [1.807, 2.05) is 13.0 Å². The van der Waals surface area contributed by atoms with Crippen LogP contribution in [0, 0.1) is 12.8 Å². The largest absolute Gasteiger partial charge is 0.353 e. The molecule has 170 valence electrons. The first kappa shape index (κ1) is 20.7. The van der Waals surface area contributed by atoms with Gasteiger partial charge in [-0.2, -0.15) is 14.6 Å². The van der Waals surface area contributed by atoms with Crippen LogP contribution in [0.4, 0.5) is 10.6 Å². The normalized spacial score (nSPS) is 26.3. The highest BCUT2D eigenvalue weighted by Crippen LogP contribution is 2.36. The molecule has 4 heterocycles. The average molecular weight is 441 g/mol. The number of carbonyl (C=O) groups is 3. The molecule has 0 radical (unpaired) electrons. The highest BCUT2D eigenvalue weighted by molar-refractivity contribution is 6.09. The van der Waals surface area contributed by atoms with Gasteiger partial charge in [0, 0.05) is 37.9 Å². The summed E-state index contributed by atoms with van der Waals surface area (Å²) in [7, 11) is 0. The lowest BCUT2D eigenvalue weighted by atomic mass is 9.77. The molecule has 1 aliphatic carbocycles. The van der Waals surface area contributed by atoms with Crippen LogP contribution in [0.15, 0.2) is 12.4 Å². The van der Waals surface area contributed by atoms with Crippen molar-refractivity contribution in [3.05, 3.63) is 18.1 Å². The van der Waals surface area contributed by atoms with Gasteiger partial charge in [0.05, 0.1) is 0 Å². The van der Waals surface area contributed by atoms with Crippen LogP contribution >= 0.6 is 0 Å². The number of aryl methyl sites for hydroxylation is 1. The summed E-state index contributed by atoms with van der Waals surface area (Å²) in [5, 5.41) is 7.14. The molecule has 5 rings (SSSR count). The summed E-state index contributed by atoms with van der Waals surface area (Å²) in [6.07, 6.45) is 4.57. The summed E-state index contributed by atoms with van der Waals surface area (Å²) < 4.78 is 1.70. The number of piperazine rings is 1. The van der Waals surface area contributed by atoms with Crippen LogP contribution in [-0.4, -0.2) is 85.5 Å². The van der Waals surface area contributed by atoms with E-state index in [-0.39, 0.29) is 18.4 Å². The van der Waals surface area contributed by atoms with E-state index in [0.29, 0.717) is 50.7 Å². The fourth-order valence-corrected chi connectivity index (χ4v) is 4.97. The number of urea groups is 1. The van der Waals surface area contributed by atoms with Gasteiger partial charge in [-0.1, -0.05) is 6.92 Å². The summed E-state index contributed by atoms with van der Waals surface area (Å²) in [4.78, 5) is 52.0. The van der Waals surface area contributed by atoms with Gasteiger partial charge >= 0.3 is 6.03 Å². The molecule has 3 fully saturated rings. The first-order valence-corrected chi connectivity index (χ1v) is 11.2. The molecule has 1 saturated carbocycles. The van der Waals surface area contributed by atoms with Gasteiger partial charge in [-0.15, -0.1) is 0 Å². The van der Waals surface area contributed by atoms with E-state index in [9.17, 15) is 14.4 Å². The predicted octanol–water partition coefficient (Wildman–Crippen LogP) is 0.582. The standard InChI is InChI=1S/C21H28N8O3/c1-14-3-5-21(6-4-14)18(31)28(20(32)25-21)12-17(30)27-9-7-26(8-10-27)16-11-15(2)24-19-22-13-23-29(16)19/h11,13-14H,3-10,12H2,1-2H3,(H,25,32). The molecule has 4 amide bonds. The van der Waals surface area contributed by atoms with E-state index in [0.717, 1.165) is 29.3 Å². The van der Waals surface area contributed by atoms with Crippen LogP contribution in [0.25, 0.3) is 5.78 Å². The number of imide groups is 1. The molecular formula is C21H28N8O3. The van der Waals surface area contributed by atoms with Crippen LogP contribution in [0.3, 0.4) is 0 Å². The number of carbonyl (C=O) groups excluding carboxylic acids is 3. The minimum absolute atomic E-state index is 0.203. The molecule has 32 heavy (non-hydrogen) atoms. The van der Waals surface area contributed by atoms with Crippen LogP contribution in [-0.2, 0) is 9.59 Å². The Kier molecular flexibility index (Phi) is 4.98. The zero-order chi connectivity index (χ0) is 22.5. The van der Waals surface area contributed by atoms with E-state index in [1.165, 1.54) is 6.33 Å². The Morgan fingerprint density at radius 1 is 1.19 bits per heavy atom. The van der Waals surface area contributed by atoms with E-state index in [4.69, 9.17) is 0 Å². The molecule has 2 saturated heterocycles. The molecule has 0 atom stereocenters. The highest BCUT2D eigenvalue weighted by atomic mass is 16.2. The Balaban J connectivity index is 1.22. The smallest absolute Gasteiger partial charge is 0.325 e. The van der Waals surface area contributed by atoms with Gasteiger partial charge in [0.15, 0.2) is 0 Å². The summed E-state index contributed by atoms with van der Waals surface area (Å²) in [5.74, 6) is 1.54. The Labute approximate surface area is 185 Å². The number of hydrogen-bond acceptors (Lipinski definition) is 7. The van der Waals surface area contributed by atoms with Crippen molar-refractivity contribution >= 4 is 29.4 Å². The van der Waals surface area contributed by atoms with Crippen molar-refractivity contribution in [2.45, 2.75) is 45.1 Å². The van der Waals surface area contributed by atoms with E-state index >= 15 is 0 Å². The first-order valence-electron chi connectivity index (χ1n) is 11.2. The molecule has 0 unspecified atom stereocenters. The number of nitrogens with one attached hydrogen (secondary N) is 1. The monoisotopic (exact) mass is 440 g/mol. The predicted molar refractivity (Wildman–Crippen MR) is 115 cm³/mol. The maximum atomic E-state index is 13.0. The second kappa shape index (κ2) is 7.72. The fraction of sp³-hybridized carbons (Fsp3) is 0.619. The van der Waals surface area contributed by atoms with Crippen LogP contribution in [0.1, 0.15) is 38.3 Å². The molecule has 2 aromatic heterocycles. The number of anilines is 1. The SMILES string of the molecule is Cc1cc(N2CCN(C(=O)CN3C(=O)NC4(CCC(C)CC4)C3=O)CC2)n2ncnc2n1. The number of rotatable bonds is 3. The molecule has 11 nitrogen and oxygen atoms in total. The lowest BCUT2D eigenvalue weighted by Gasteiger charge is -2.36. The zero-order valence-electron chi connectivity index (χ0n) is 18.5. The second-order valence-corrected chi connectivity index (χ2v) is 9.18. The topological polar surface area (TPSA) is 116 Å². The van der Waals surface area contributed by atoms with E-state index in [2.05, 4.69) is 32.2 Å². The van der Waals surface area contributed by atoms with E-state index in [1.54, 1.807) is 9.42 Å². The number of amides is 4. The first-order chi connectivity index (χ1) is 15.4. The molecular weight excluding hydrogens is 412 g/mol. The third-order valence-electron chi connectivity index (χ3n) is 6.98. The highest BCUT2D eigenvalue weighted by Gasteiger charge is 2.52. The van der Waals surface area contributed by atoms with Crippen molar-refractivity contribution in [3.8, 4) is 0 Å². The van der Waals surface area contributed by atoms with Gasteiger partial charge in [0.2, 0.25) is 5.91 Å². The maximum Gasteiger partial charge on any atom is 0.325 e. The van der Waals surface area contributed by atoms with Gasteiger partial charge in [-0.3, -0.25) is 14.5 Å². The lowest BCUT2D eigenvalue weighted by molar-refractivity contribution is -0.139. The summed E-state index contributed by atoms with van der Waals surface area (Å²) in [6, 6.07) is 1.51. The Morgan fingerprint density at radius 2 is 1.91 bits per heavy atom. The zero-order valence-corrected chi connectivity index (χ0v) is 18.5. The average Bonchev–Trinajstić information content (AvgIpc) is 3.34. The van der Waals surface area contributed by atoms with Crippen molar-refractivity contribution in [1.29, 1.82) is 0 Å². The molecule has 0 bridgehead atoms. The molecule has 11 heteroatoms. The van der Waals surface area contributed by atoms with Gasteiger partial charge in [-0.05, 0) is 38.5 Å². The minimum atomic E-state index is -0.815. The van der Waals surface area contributed by atoms with Gasteiger partial charge in [0.25, 0.3) is 11.7 Å². The van der Waals surface area contributed by atoms with Crippen LogP contribution in [0.2, 0.25) is 0 Å². The lowest BCUT2D eigenvalue weighted by Crippen LogP contribution is -2.53. The maximum absolute atomic E-state index is 13.0. The fourth-order valence-electron chi connectivity index (χ4n) is 4.97. The second-order valence-electron chi connectivity index (χ2n) is 9.18. The minimum Gasteiger partial charge on any atom is -0.353 e. The van der Waals surface area contributed by atoms with Crippen molar-refractivity contribution in [2.75, 3.05) is 37.6 Å². The molecule has 2 aromatic rings. The van der Waals surface area contributed by atoms with Gasteiger partial charge < -0.3 is 15.1 Å². The van der Waals surface area contributed by atoms with E-state index < -0.39 is 11.6 Å². The number of nitrogens with zero attached hydrogens (tertiary/aromatic N) is 7.